The molecule has 2 nitrogen and oxygen atoms in total. The standard InChI is InChI=1S/C17H28O2/c1-15(2,3)14-7-10-17(18-13-14)12-11-16(19-17)8-5-4-6-9-16/h11-12,14H,4-10,13H2,1-3H3/t14-,17-/m1/s1. The van der Waals surface area contributed by atoms with Crippen LogP contribution in [0, 0.1) is 11.3 Å². The molecule has 0 N–H and O–H groups in total. The summed E-state index contributed by atoms with van der Waals surface area (Å²) in [5.41, 5.74) is 0.347. The summed E-state index contributed by atoms with van der Waals surface area (Å²) in [4.78, 5) is 0. The normalized spacial score (nSPS) is 38.2. The molecule has 3 rings (SSSR count). The molecular formula is C17H28O2. The van der Waals surface area contributed by atoms with Crippen LogP contribution in [0.2, 0.25) is 0 Å². The van der Waals surface area contributed by atoms with Gasteiger partial charge in [0.1, 0.15) is 0 Å². The van der Waals surface area contributed by atoms with Crippen molar-refractivity contribution >= 4 is 0 Å². The van der Waals surface area contributed by atoms with Gasteiger partial charge in [-0.2, -0.15) is 0 Å². The Kier molecular flexibility index (Phi) is 3.30. The minimum Gasteiger partial charge on any atom is -0.346 e. The van der Waals surface area contributed by atoms with Crippen LogP contribution in [0.1, 0.15) is 65.7 Å². The zero-order chi connectivity index (χ0) is 13.6. The molecule has 0 unspecified atom stereocenters. The smallest absolute Gasteiger partial charge is 0.188 e. The van der Waals surface area contributed by atoms with E-state index in [2.05, 4.69) is 32.9 Å². The van der Waals surface area contributed by atoms with E-state index in [0.717, 1.165) is 13.0 Å². The fraction of sp³-hybridized carbons (Fsp3) is 0.882. The number of hydrogen-bond donors (Lipinski definition) is 0. The highest BCUT2D eigenvalue weighted by Crippen LogP contribution is 2.47. The molecule has 1 aliphatic carbocycles. The van der Waals surface area contributed by atoms with E-state index < -0.39 is 0 Å². The van der Waals surface area contributed by atoms with Crippen molar-refractivity contribution in [3.63, 3.8) is 0 Å². The predicted octanol–water partition coefficient (Wildman–Crippen LogP) is 4.44. The minimum atomic E-state index is -0.390. The summed E-state index contributed by atoms with van der Waals surface area (Å²) in [5, 5.41) is 0. The highest BCUT2D eigenvalue weighted by molar-refractivity contribution is 5.16. The third-order valence-corrected chi connectivity index (χ3v) is 5.31. The molecule has 2 aliphatic heterocycles. The summed E-state index contributed by atoms with van der Waals surface area (Å²) in [6, 6.07) is 0. The van der Waals surface area contributed by atoms with E-state index in [1.54, 1.807) is 0 Å². The lowest BCUT2D eigenvalue weighted by molar-refractivity contribution is -0.270. The molecule has 3 aliphatic rings. The predicted molar refractivity (Wildman–Crippen MR) is 76.9 cm³/mol. The molecule has 2 atom stereocenters. The first-order valence-corrected chi connectivity index (χ1v) is 7.98. The van der Waals surface area contributed by atoms with E-state index in [-0.39, 0.29) is 11.4 Å². The van der Waals surface area contributed by atoms with Crippen molar-refractivity contribution in [1.82, 2.24) is 0 Å². The Morgan fingerprint density at radius 1 is 1.00 bits per heavy atom. The van der Waals surface area contributed by atoms with Crippen LogP contribution >= 0.6 is 0 Å². The fourth-order valence-electron chi connectivity index (χ4n) is 3.78. The summed E-state index contributed by atoms with van der Waals surface area (Å²) in [5.74, 6) is 0.261. The van der Waals surface area contributed by atoms with Gasteiger partial charge < -0.3 is 9.47 Å². The molecular weight excluding hydrogens is 236 g/mol. The molecule has 2 heterocycles. The lowest BCUT2D eigenvalue weighted by Gasteiger charge is -2.44. The first-order valence-electron chi connectivity index (χ1n) is 7.98. The van der Waals surface area contributed by atoms with Gasteiger partial charge in [-0.15, -0.1) is 0 Å². The molecule has 0 aromatic rings. The maximum Gasteiger partial charge on any atom is 0.188 e. The second-order valence-electron chi connectivity index (χ2n) is 7.79. The Morgan fingerprint density at radius 2 is 1.74 bits per heavy atom. The van der Waals surface area contributed by atoms with Gasteiger partial charge in [-0.05, 0) is 36.7 Å². The molecule has 0 bridgehead atoms. The second kappa shape index (κ2) is 4.60. The first kappa shape index (κ1) is 13.6. The van der Waals surface area contributed by atoms with E-state index >= 15 is 0 Å². The number of rotatable bonds is 0. The molecule has 2 fully saturated rings. The van der Waals surface area contributed by atoms with Crippen LogP contribution < -0.4 is 0 Å². The van der Waals surface area contributed by atoms with E-state index in [9.17, 15) is 0 Å². The molecule has 108 valence electrons. The molecule has 2 heteroatoms. The molecule has 0 amide bonds. The lowest BCUT2D eigenvalue weighted by atomic mass is 9.76. The quantitative estimate of drug-likeness (QED) is 0.602. The van der Waals surface area contributed by atoms with Crippen molar-refractivity contribution in [2.24, 2.45) is 11.3 Å². The summed E-state index contributed by atoms with van der Waals surface area (Å²) >= 11 is 0. The number of hydrogen-bond acceptors (Lipinski definition) is 2. The van der Waals surface area contributed by atoms with Gasteiger partial charge in [-0.25, -0.2) is 0 Å². The van der Waals surface area contributed by atoms with Crippen LogP contribution in [-0.2, 0) is 9.47 Å². The van der Waals surface area contributed by atoms with E-state index in [4.69, 9.17) is 9.47 Å². The highest BCUT2D eigenvalue weighted by atomic mass is 16.7. The second-order valence-corrected chi connectivity index (χ2v) is 7.79. The van der Waals surface area contributed by atoms with Crippen molar-refractivity contribution in [1.29, 1.82) is 0 Å². The van der Waals surface area contributed by atoms with Gasteiger partial charge in [0.2, 0.25) is 0 Å². The van der Waals surface area contributed by atoms with E-state index in [0.29, 0.717) is 11.3 Å². The highest BCUT2D eigenvalue weighted by Gasteiger charge is 2.48. The van der Waals surface area contributed by atoms with Gasteiger partial charge in [0, 0.05) is 6.42 Å². The van der Waals surface area contributed by atoms with Gasteiger partial charge >= 0.3 is 0 Å². The first-order chi connectivity index (χ1) is 8.93. The lowest BCUT2D eigenvalue weighted by Crippen LogP contribution is -2.45. The number of ether oxygens (including phenoxy) is 2. The minimum absolute atomic E-state index is 0.00677. The van der Waals surface area contributed by atoms with Crippen LogP contribution in [0.25, 0.3) is 0 Å². The Bertz CT molecular complexity index is 350. The third-order valence-electron chi connectivity index (χ3n) is 5.31. The van der Waals surface area contributed by atoms with E-state index in [1.165, 1.54) is 38.5 Å². The molecule has 19 heavy (non-hydrogen) atoms. The summed E-state index contributed by atoms with van der Waals surface area (Å²) in [6.07, 6.45) is 13.1. The van der Waals surface area contributed by atoms with E-state index in [1.807, 2.05) is 0 Å². The van der Waals surface area contributed by atoms with Gasteiger partial charge in [0.05, 0.1) is 12.2 Å². The van der Waals surface area contributed by atoms with Crippen molar-refractivity contribution in [3.8, 4) is 0 Å². The van der Waals surface area contributed by atoms with Crippen LogP contribution in [0.4, 0.5) is 0 Å². The van der Waals surface area contributed by atoms with Crippen molar-refractivity contribution < 1.29 is 9.47 Å². The van der Waals surface area contributed by atoms with Crippen LogP contribution in [0.15, 0.2) is 12.2 Å². The molecule has 2 spiro atoms. The largest absolute Gasteiger partial charge is 0.346 e. The summed E-state index contributed by atoms with van der Waals surface area (Å²) < 4.78 is 12.6. The Morgan fingerprint density at radius 3 is 2.32 bits per heavy atom. The van der Waals surface area contributed by atoms with Crippen LogP contribution in [0.3, 0.4) is 0 Å². The fourth-order valence-corrected chi connectivity index (χ4v) is 3.78. The average molecular weight is 264 g/mol. The van der Waals surface area contributed by atoms with Crippen molar-refractivity contribution in [2.75, 3.05) is 6.61 Å². The van der Waals surface area contributed by atoms with Gasteiger partial charge in [-0.3, -0.25) is 0 Å². The van der Waals surface area contributed by atoms with Gasteiger partial charge in [0.15, 0.2) is 5.79 Å². The van der Waals surface area contributed by atoms with Crippen LogP contribution in [0.5, 0.6) is 0 Å². The van der Waals surface area contributed by atoms with Gasteiger partial charge in [-0.1, -0.05) is 46.1 Å². The summed E-state index contributed by atoms with van der Waals surface area (Å²) in [7, 11) is 0. The maximum atomic E-state index is 6.45. The van der Waals surface area contributed by atoms with Gasteiger partial charge in [0.25, 0.3) is 0 Å². The van der Waals surface area contributed by atoms with Crippen LogP contribution in [-0.4, -0.2) is 18.0 Å². The molecule has 0 aromatic carbocycles. The Balaban J connectivity index is 1.64. The Hall–Kier alpha value is -0.340. The maximum absolute atomic E-state index is 6.45. The molecule has 1 saturated carbocycles. The Labute approximate surface area is 117 Å². The topological polar surface area (TPSA) is 18.5 Å². The zero-order valence-corrected chi connectivity index (χ0v) is 12.7. The monoisotopic (exact) mass is 264 g/mol. The molecule has 1 saturated heterocycles. The molecule has 0 radical (unpaired) electrons. The van der Waals surface area contributed by atoms with Crippen molar-refractivity contribution in [3.05, 3.63) is 12.2 Å². The average Bonchev–Trinajstić information content (AvgIpc) is 2.68. The van der Waals surface area contributed by atoms with Crippen molar-refractivity contribution in [2.45, 2.75) is 77.1 Å². The third kappa shape index (κ3) is 2.62. The molecule has 0 aromatic heterocycles. The zero-order valence-electron chi connectivity index (χ0n) is 12.7. The SMILES string of the molecule is CC(C)(C)[C@@H]1CC[C@@]2(C=CC3(CCCCC3)O2)OC1. The summed E-state index contributed by atoms with van der Waals surface area (Å²) in [6.45, 7) is 7.77.